The minimum atomic E-state index is -0.249. The molecule has 0 saturated carbocycles. The van der Waals surface area contributed by atoms with E-state index in [4.69, 9.17) is 16.3 Å². The number of carbonyl (C=O) groups excluding carboxylic acids is 1. The largest absolute Gasteiger partial charge is 0.380 e. The fourth-order valence-electron chi connectivity index (χ4n) is 0.945. The number of ether oxygens (including phenoxy) is 1. The van der Waals surface area contributed by atoms with Crippen molar-refractivity contribution in [2.45, 2.75) is 13.0 Å². The highest BCUT2D eigenvalue weighted by atomic mass is 35.5. The average molecular weight is 229 g/mol. The summed E-state index contributed by atoms with van der Waals surface area (Å²) < 4.78 is 5.00. The highest BCUT2D eigenvalue weighted by Crippen LogP contribution is 2.04. The van der Waals surface area contributed by atoms with E-state index < -0.39 is 0 Å². The SMILES string of the molecule is COC(C)CNC(=O)c1cccc(Cl)n1. The van der Waals surface area contributed by atoms with E-state index >= 15 is 0 Å². The predicted octanol–water partition coefficient (Wildman–Crippen LogP) is 1.50. The molecule has 82 valence electrons. The smallest absolute Gasteiger partial charge is 0.270 e. The summed E-state index contributed by atoms with van der Waals surface area (Å²) in [5, 5.41) is 3.00. The van der Waals surface area contributed by atoms with Gasteiger partial charge in [0, 0.05) is 13.7 Å². The number of nitrogens with one attached hydrogen (secondary N) is 1. The summed E-state index contributed by atoms with van der Waals surface area (Å²) in [5.74, 6) is -0.249. The van der Waals surface area contributed by atoms with Crippen LogP contribution in [0.15, 0.2) is 18.2 Å². The van der Waals surface area contributed by atoms with Crippen LogP contribution in [-0.4, -0.2) is 30.6 Å². The van der Waals surface area contributed by atoms with Crippen LogP contribution in [0.4, 0.5) is 0 Å². The molecule has 1 unspecified atom stereocenters. The first kappa shape index (κ1) is 11.9. The van der Waals surface area contributed by atoms with Crippen molar-refractivity contribution in [2.24, 2.45) is 0 Å². The zero-order valence-electron chi connectivity index (χ0n) is 8.66. The molecule has 0 fully saturated rings. The Labute approximate surface area is 93.6 Å². The van der Waals surface area contributed by atoms with E-state index in [1.165, 1.54) is 0 Å². The Morgan fingerprint density at radius 2 is 2.40 bits per heavy atom. The highest BCUT2D eigenvalue weighted by molar-refractivity contribution is 6.29. The van der Waals surface area contributed by atoms with Crippen molar-refractivity contribution >= 4 is 17.5 Å². The molecule has 5 heteroatoms. The Kier molecular flexibility index (Phi) is 4.52. The van der Waals surface area contributed by atoms with Crippen molar-refractivity contribution in [1.82, 2.24) is 10.3 Å². The number of rotatable bonds is 4. The van der Waals surface area contributed by atoms with Gasteiger partial charge in [0.2, 0.25) is 0 Å². The van der Waals surface area contributed by atoms with Crippen LogP contribution in [0.5, 0.6) is 0 Å². The number of pyridine rings is 1. The second kappa shape index (κ2) is 5.68. The summed E-state index contributed by atoms with van der Waals surface area (Å²) >= 11 is 5.66. The van der Waals surface area contributed by atoms with Gasteiger partial charge in [-0.1, -0.05) is 17.7 Å². The summed E-state index contributed by atoms with van der Waals surface area (Å²) in [6, 6.07) is 4.92. The van der Waals surface area contributed by atoms with Crippen LogP contribution < -0.4 is 5.32 Å². The van der Waals surface area contributed by atoms with Crippen molar-refractivity contribution in [2.75, 3.05) is 13.7 Å². The molecule has 1 rings (SSSR count). The molecule has 4 nitrogen and oxygen atoms in total. The molecule has 0 bridgehead atoms. The molecule has 1 aromatic rings. The lowest BCUT2D eigenvalue weighted by Crippen LogP contribution is -2.32. The van der Waals surface area contributed by atoms with Crippen LogP contribution >= 0.6 is 11.6 Å². The topological polar surface area (TPSA) is 51.2 Å². The van der Waals surface area contributed by atoms with E-state index in [1.807, 2.05) is 6.92 Å². The summed E-state index contributed by atoms with van der Waals surface area (Å²) in [4.78, 5) is 15.4. The van der Waals surface area contributed by atoms with E-state index in [-0.39, 0.29) is 12.0 Å². The number of aromatic nitrogens is 1. The molecule has 1 aromatic heterocycles. The minimum absolute atomic E-state index is 0.0202. The molecule has 15 heavy (non-hydrogen) atoms. The normalized spacial score (nSPS) is 12.2. The van der Waals surface area contributed by atoms with Gasteiger partial charge in [0.1, 0.15) is 10.8 Å². The van der Waals surface area contributed by atoms with Gasteiger partial charge in [-0.25, -0.2) is 4.98 Å². The molecule has 0 aliphatic carbocycles. The maximum Gasteiger partial charge on any atom is 0.270 e. The van der Waals surface area contributed by atoms with Crippen LogP contribution in [0.3, 0.4) is 0 Å². The molecule has 0 aliphatic heterocycles. The summed E-state index contributed by atoms with van der Waals surface area (Å²) in [5.41, 5.74) is 0.311. The van der Waals surface area contributed by atoms with Crippen molar-refractivity contribution in [3.05, 3.63) is 29.0 Å². The van der Waals surface area contributed by atoms with Gasteiger partial charge in [0.05, 0.1) is 6.10 Å². The summed E-state index contributed by atoms with van der Waals surface area (Å²) in [6.45, 7) is 2.31. The molecule has 0 aromatic carbocycles. The Balaban J connectivity index is 2.54. The molecule has 1 atom stereocenters. The van der Waals surface area contributed by atoms with Crippen LogP contribution in [0.1, 0.15) is 17.4 Å². The van der Waals surface area contributed by atoms with Crippen LogP contribution in [0.25, 0.3) is 0 Å². The number of nitrogens with zero attached hydrogens (tertiary/aromatic N) is 1. The summed E-state index contributed by atoms with van der Waals surface area (Å²) in [7, 11) is 1.59. The van der Waals surface area contributed by atoms with E-state index in [9.17, 15) is 4.79 Å². The lowest BCUT2D eigenvalue weighted by atomic mass is 10.3. The standard InChI is InChI=1S/C10H13ClN2O2/c1-7(15-2)6-12-10(14)8-4-3-5-9(11)13-8/h3-5,7H,6H2,1-2H3,(H,12,14). The number of hydrogen-bond donors (Lipinski definition) is 1. The third-order valence-electron chi connectivity index (χ3n) is 1.90. The zero-order chi connectivity index (χ0) is 11.3. The highest BCUT2D eigenvalue weighted by Gasteiger charge is 2.08. The van der Waals surface area contributed by atoms with E-state index in [0.29, 0.717) is 17.4 Å². The maximum absolute atomic E-state index is 11.5. The monoisotopic (exact) mass is 228 g/mol. The number of methoxy groups -OCH3 is 1. The third kappa shape index (κ3) is 3.85. The second-order valence-electron chi connectivity index (χ2n) is 3.10. The average Bonchev–Trinajstić information content (AvgIpc) is 2.25. The van der Waals surface area contributed by atoms with Gasteiger partial charge >= 0.3 is 0 Å². The van der Waals surface area contributed by atoms with E-state index in [2.05, 4.69) is 10.3 Å². The zero-order valence-corrected chi connectivity index (χ0v) is 9.41. The Bertz CT molecular complexity index is 344. The maximum atomic E-state index is 11.5. The Morgan fingerprint density at radius 1 is 1.67 bits per heavy atom. The third-order valence-corrected chi connectivity index (χ3v) is 2.11. The number of halogens is 1. The van der Waals surface area contributed by atoms with Gasteiger partial charge in [-0.3, -0.25) is 4.79 Å². The fourth-order valence-corrected chi connectivity index (χ4v) is 1.11. The molecule has 0 spiro atoms. The molecule has 0 aliphatic rings. The molecular formula is C10H13ClN2O2. The first-order chi connectivity index (χ1) is 7.13. The molecule has 1 amide bonds. The first-order valence-electron chi connectivity index (χ1n) is 4.57. The van der Waals surface area contributed by atoms with Gasteiger partial charge < -0.3 is 10.1 Å². The molecular weight excluding hydrogens is 216 g/mol. The molecule has 1 N–H and O–H groups in total. The molecule has 1 heterocycles. The van der Waals surface area contributed by atoms with Gasteiger partial charge in [0.15, 0.2) is 0 Å². The first-order valence-corrected chi connectivity index (χ1v) is 4.95. The Morgan fingerprint density at radius 3 is 3.00 bits per heavy atom. The minimum Gasteiger partial charge on any atom is -0.380 e. The molecule has 0 radical (unpaired) electrons. The predicted molar refractivity (Wildman–Crippen MR) is 58.1 cm³/mol. The van der Waals surface area contributed by atoms with Gasteiger partial charge in [0.25, 0.3) is 5.91 Å². The van der Waals surface area contributed by atoms with Crippen LogP contribution in [0.2, 0.25) is 5.15 Å². The quantitative estimate of drug-likeness (QED) is 0.795. The van der Waals surface area contributed by atoms with Crippen LogP contribution in [0, 0.1) is 0 Å². The van der Waals surface area contributed by atoms with Crippen LogP contribution in [-0.2, 0) is 4.74 Å². The van der Waals surface area contributed by atoms with Crippen molar-refractivity contribution in [3.63, 3.8) is 0 Å². The van der Waals surface area contributed by atoms with Crippen molar-refractivity contribution in [1.29, 1.82) is 0 Å². The Hall–Kier alpha value is -1.13. The van der Waals surface area contributed by atoms with Crippen molar-refractivity contribution < 1.29 is 9.53 Å². The number of amides is 1. The lowest BCUT2D eigenvalue weighted by molar-refractivity contribution is 0.0866. The number of hydrogen-bond acceptors (Lipinski definition) is 3. The lowest BCUT2D eigenvalue weighted by Gasteiger charge is -2.10. The number of carbonyl (C=O) groups is 1. The van der Waals surface area contributed by atoms with E-state index in [0.717, 1.165) is 0 Å². The second-order valence-corrected chi connectivity index (χ2v) is 3.49. The van der Waals surface area contributed by atoms with Gasteiger partial charge in [-0.2, -0.15) is 0 Å². The van der Waals surface area contributed by atoms with Crippen molar-refractivity contribution in [3.8, 4) is 0 Å². The molecule has 0 saturated heterocycles. The van der Waals surface area contributed by atoms with Gasteiger partial charge in [-0.05, 0) is 19.1 Å². The van der Waals surface area contributed by atoms with Gasteiger partial charge in [-0.15, -0.1) is 0 Å². The van der Waals surface area contributed by atoms with E-state index in [1.54, 1.807) is 25.3 Å². The summed E-state index contributed by atoms with van der Waals surface area (Å²) in [6.07, 6.45) is -0.0202. The fraction of sp³-hybridized carbons (Fsp3) is 0.400.